The lowest BCUT2D eigenvalue weighted by Gasteiger charge is -2.28. The van der Waals surface area contributed by atoms with Crippen LogP contribution >= 0.6 is 0 Å². The summed E-state index contributed by atoms with van der Waals surface area (Å²) in [7, 11) is 4.11. The van der Waals surface area contributed by atoms with Crippen molar-refractivity contribution >= 4 is 11.4 Å². The highest BCUT2D eigenvalue weighted by Crippen LogP contribution is 2.22. The summed E-state index contributed by atoms with van der Waals surface area (Å²) in [5.74, 6) is 0. The third-order valence-corrected chi connectivity index (χ3v) is 2.72. The van der Waals surface area contributed by atoms with Gasteiger partial charge in [0.1, 0.15) is 0 Å². The van der Waals surface area contributed by atoms with Crippen LogP contribution in [0.5, 0.6) is 0 Å². The van der Waals surface area contributed by atoms with Gasteiger partial charge in [-0.05, 0) is 30.7 Å². The molecule has 1 aliphatic rings. The molecule has 1 fully saturated rings. The molecule has 2 rings (SSSR count). The summed E-state index contributed by atoms with van der Waals surface area (Å²) in [5, 5.41) is 3.47. The molecule has 1 aliphatic heterocycles. The van der Waals surface area contributed by atoms with Gasteiger partial charge >= 0.3 is 0 Å². The van der Waals surface area contributed by atoms with Crippen molar-refractivity contribution in [2.24, 2.45) is 0 Å². The Balaban J connectivity index is 2.11. The van der Waals surface area contributed by atoms with Crippen LogP contribution in [0, 0.1) is 6.92 Å². The van der Waals surface area contributed by atoms with E-state index in [0.717, 1.165) is 13.2 Å². The minimum Gasteiger partial charge on any atom is -0.378 e. The van der Waals surface area contributed by atoms with Crippen LogP contribution in [0.4, 0.5) is 11.4 Å². The average molecular weight is 206 g/mol. The maximum atomic E-state index is 5.14. The van der Waals surface area contributed by atoms with Crippen LogP contribution in [-0.2, 0) is 4.74 Å². The average Bonchev–Trinajstić information content (AvgIpc) is 2.12. The van der Waals surface area contributed by atoms with Crippen molar-refractivity contribution in [1.82, 2.24) is 0 Å². The zero-order valence-corrected chi connectivity index (χ0v) is 9.58. The summed E-state index contributed by atoms with van der Waals surface area (Å²) in [6.07, 6.45) is 0. The van der Waals surface area contributed by atoms with Crippen molar-refractivity contribution in [2.45, 2.75) is 13.0 Å². The highest BCUT2D eigenvalue weighted by Gasteiger charge is 2.18. The van der Waals surface area contributed by atoms with E-state index in [1.807, 2.05) is 0 Å². The van der Waals surface area contributed by atoms with Crippen LogP contribution in [0.15, 0.2) is 18.2 Å². The maximum absolute atomic E-state index is 5.14. The van der Waals surface area contributed by atoms with Crippen molar-refractivity contribution in [2.75, 3.05) is 37.5 Å². The van der Waals surface area contributed by atoms with Gasteiger partial charge in [0.25, 0.3) is 0 Å². The van der Waals surface area contributed by atoms with Crippen molar-refractivity contribution < 1.29 is 4.74 Å². The Bertz CT molecular complexity index is 345. The number of nitrogens with zero attached hydrogens (tertiary/aromatic N) is 1. The predicted octanol–water partition coefficient (Wildman–Crippen LogP) is 1.87. The number of aryl methyl sites for hydroxylation is 1. The van der Waals surface area contributed by atoms with Gasteiger partial charge in [-0.15, -0.1) is 0 Å². The lowest BCUT2D eigenvalue weighted by atomic mass is 10.1. The first kappa shape index (κ1) is 10.3. The number of hydrogen-bond acceptors (Lipinski definition) is 3. The molecule has 0 amide bonds. The number of rotatable bonds is 3. The van der Waals surface area contributed by atoms with Gasteiger partial charge in [-0.25, -0.2) is 0 Å². The summed E-state index contributed by atoms with van der Waals surface area (Å²) in [6, 6.07) is 6.97. The monoisotopic (exact) mass is 206 g/mol. The van der Waals surface area contributed by atoms with Crippen molar-refractivity contribution in [3.63, 3.8) is 0 Å². The van der Waals surface area contributed by atoms with Gasteiger partial charge < -0.3 is 15.0 Å². The Hall–Kier alpha value is -1.22. The SMILES string of the molecule is Cc1cc(N(C)C)ccc1NC1COC1. The second-order valence-corrected chi connectivity index (χ2v) is 4.27. The van der Waals surface area contributed by atoms with Crippen molar-refractivity contribution in [3.8, 4) is 0 Å². The maximum Gasteiger partial charge on any atom is 0.0728 e. The molecule has 0 bridgehead atoms. The summed E-state index contributed by atoms with van der Waals surface area (Å²) >= 11 is 0. The Morgan fingerprint density at radius 1 is 1.33 bits per heavy atom. The van der Waals surface area contributed by atoms with E-state index < -0.39 is 0 Å². The van der Waals surface area contributed by atoms with Crippen LogP contribution in [0.25, 0.3) is 0 Å². The van der Waals surface area contributed by atoms with Crippen LogP contribution in [0.1, 0.15) is 5.56 Å². The first-order valence-corrected chi connectivity index (χ1v) is 5.29. The summed E-state index contributed by atoms with van der Waals surface area (Å²) in [4.78, 5) is 2.11. The smallest absolute Gasteiger partial charge is 0.0728 e. The molecule has 1 aromatic carbocycles. The van der Waals surface area contributed by atoms with Crippen molar-refractivity contribution in [3.05, 3.63) is 23.8 Å². The highest BCUT2D eigenvalue weighted by molar-refractivity contribution is 5.60. The molecule has 82 valence electrons. The lowest BCUT2D eigenvalue weighted by molar-refractivity contribution is 0.0211. The summed E-state index contributed by atoms with van der Waals surface area (Å²) < 4.78 is 5.14. The molecule has 1 aromatic rings. The minimum absolute atomic E-state index is 0.494. The molecule has 0 atom stereocenters. The molecule has 1 saturated heterocycles. The number of benzene rings is 1. The first-order valence-electron chi connectivity index (χ1n) is 5.29. The van der Waals surface area contributed by atoms with E-state index in [-0.39, 0.29) is 0 Å². The molecule has 0 spiro atoms. The van der Waals surface area contributed by atoms with E-state index >= 15 is 0 Å². The molecule has 0 radical (unpaired) electrons. The summed E-state index contributed by atoms with van der Waals surface area (Å²) in [5.41, 5.74) is 3.74. The zero-order chi connectivity index (χ0) is 10.8. The van der Waals surface area contributed by atoms with E-state index in [9.17, 15) is 0 Å². The van der Waals surface area contributed by atoms with E-state index in [1.165, 1.54) is 16.9 Å². The number of hydrogen-bond donors (Lipinski definition) is 1. The van der Waals surface area contributed by atoms with E-state index in [4.69, 9.17) is 4.74 Å². The molecular weight excluding hydrogens is 188 g/mol. The molecule has 0 aromatic heterocycles. The Morgan fingerprint density at radius 2 is 2.07 bits per heavy atom. The topological polar surface area (TPSA) is 24.5 Å². The number of anilines is 2. The molecule has 0 aliphatic carbocycles. The lowest BCUT2D eigenvalue weighted by Crippen LogP contribution is -2.40. The number of ether oxygens (including phenoxy) is 1. The Morgan fingerprint density at radius 3 is 2.53 bits per heavy atom. The second kappa shape index (κ2) is 4.11. The van der Waals surface area contributed by atoms with E-state index in [0.29, 0.717) is 6.04 Å². The predicted molar refractivity (Wildman–Crippen MR) is 63.7 cm³/mol. The molecule has 15 heavy (non-hydrogen) atoms. The normalized spacial score (nSPS) is 15.9. The highest BCUT2D eigenvalue weighted by atomic mass is 16.5. The minimum atomic E-state index is 0.494. The van der Waals surface area contributed by atoms with Crippen LogP contribution in [0.3, 0.4) is 0 Å². The molecule has 0 saturated carbocycles. The third-order valence-electron chi connectivity index (χ3n) is 2.72. The van der Waals surface area contributed by atoms with Crippen LogP contribution < -0.4 is 10.2 Å². The fraction of sp³-hybridized carbons (Fsp3) is 0.500. The summed E-state index contributed by atoms with van der Waals surface area (Å²) in [6.45, 7) is 3.79. The van der Waals surface area contributed by atoms with Crippen LogP contribution in [-0.4, -0.2) is 33.4 Å². The van der Waals surface area contributed by atoms with Crippen molar-refractivity contribution in [1.29, 1.82) is 0 Å². The Kier molecular flexibility index (Phi) is 2.82. The number of nitrogens with one attached hydrogen (secondary N) is 1. The molecule has 1 heterocycles. The first-order chi connectivity index (χ1) is 7.16. The van der Waals surface area contributed by atoms with Gasteiger partial charge in [0.05, 0.1) is 19.3 Å². The van der Waals surface area contributed by atoms with E-state index in [1.54, 1.807) is 0 Å². The standard InChI is InChI=1S/C12H18N2O/c1-9-6-11(14(2)3)4-5-12(9)13-10-7-15-8-10/h4-6,10,13H,7-8H2,1-3H3. The van der Waals surface area contributed by atoms with Gasteiger partial charge in [-0.2, -0.15) is 0 Å². The largest absolute Gasteiger partial charge is 0.378 e. The zero-order valence-electron chi connectivity index (χ0n) is 9.58. The van der Waals surface area contributed by atoms with E-state index in [2.05, 4.69) is 49.4 Å². The molecule has 1 N–H and O–H groups in total. The van der Waals surface area contributed by atoms with Gasteiger partial charge in [0.2, 0.25) is 0 Å². The fourth-order valence-electron chi connectivity index (χ4n) is 1.63. The second-order valence-electron chi connectivity index (χ2n) is 4.27. The third kappa shape index (κ3) is 2.23. The van der Waals surface area contributed by atoms with Gasteiger partial charge in [0.15, 0.2) is 0 Å². The molecular formula is C12H18N2O. The van der Waals surface area contributed by atoms with Gasteiger partial charge in [-0.1, -0.05) is 0 Å². The fourth-order valence-corrected chi connectivity index (χ4v) is 1.63. The molecule has 0 unspecified atom stereocenters. The van der Waals surface area contributed by atoms with Gasteiger partial charge in [-0.3, -0.25) is 0 Å². The molecule has 3 heteroatoms. The Labute approximate surface area is 91.0 Å². The van der Waals surface area contributed by atoms with Gasteiger partial charge in [0, 0.05) is 25.5 Å². The quantitative estimate of drug-likeness (QED) is 0.817. The molecule has 3 nitrogen and oxygen atoms in total. The van der Waals surface area contributed by atoms with Crippen LogP contribution in [0.2, 0.25) is 0 Å².